The SMILES string of the molecule is COc1ccc(Sc2sccc2C(C)O)cc1. The number of benzene rings is 1. The maximum absolute atomic E-state index is 9.63. The van der Waals surface area contributed by atoms with Crippen LogP contribution in [0.5, 0.6) is 5.75 Å². The zero-order chi connectivity index (χ0) is 12.3. The fraction of sp³-hybridized carbons (Fsp3) is 0.231. The highest BCUT2D eigenvalue weighted by atomic mass is 32.2. The summed E-state index contributed by atoms with van der Waals surface area (Å²) in [5.74, 6) is 0.858. The lowest BCUT2D eigenvalue weighted by Crippen LogP contribution is -1.89. The van der Waals surface area contributed by atoms with Crippen molar-refractivity contribution in [2.24, 2.45) is 0 Å². The van der Waals surface area contributed by atoms with E-state index in [2.05, 4.69) is 0 Å². The molecule has 2 nitrogen and oxygen atoms in total. The van der Waals surface area contributed by atoms with Crippen molar-refractivity contribution in [2.75, 3.05) is 7.11 Å². The van der Waals surface area contributed by atoms with Gasteiger partial charge >= 0.3 is 0 Å². The van der Waals surface area contributed by atoms with Gasteiger partial charge in [0, 0.05) is 10.5 Å². The Kier molecular flexibility index (Phi) is 4.10. The highest BCUT2D eigenvalue weighted by Crippen LogP contribution is 2.37. The largest absolute Gasteiger partial charge is 0.497 e. The van der Waals surface area contributed by atoms with Crippen LogP contribution in [0.2, 0.25) is 0 Å². The Labute approximate surface area is 109 Å². The number of rotatable bonds is 4. The number of thiophene rings is 1. The highest BCUT2D eigenvalue weighted by Gasteiger charge is 2.10. The van der Waals surface area contributed by atoms with E-state index in [0.717, 1.165) is 20.4 Å². The van der Waals surface area contributed by atoms with E-state index in [-0.39, 0.29) is 0 Å². The molecule has 1 unspecified atom stereocenters. The summed E-state index contributed by atoms with van der Waals surface area (Å²) in [6.07, 6.45) is -0.415. The molecule has 1 heterocycles. The van der Waals surface area contributed by atoms with Crippen LogP contribution in [0.4, 0.5) is 0 Å². The molecule has 0 bridgehead atoms. The van der Waals surface area contributed by atoms with Crippen molar-refractivity contribution in [3.63, 3.8) is 0 Å². The molecule has 4 heteroatoms. The number of hydrogen-bond donors (Lipinski definition) is 1. The van der Waals surface area contributed by atoms with Crippen molar-refractivity contribution in [1.82, 2.24) is 0 Å². The summed E-state index contributed by atoms with van der Waals surface area (Å²) in [5, 5.41) is 11.6. The molecule has 0 aliphatic heterocycles. The maximum atomic E-state index is 9.63. The molecule has 90 valence electrons. The van der Waals surface area contributed by atoms with Crippen LogP contribution < -0.4 is 4.74 Å². The maximum Gasteiger partial charge on any atom is 0.118 e. The molecule has 1 aromatic heterocycles. The van der Waals surface area contributed by atoms with Gasteiger partial charge in [-0.15, -0.1) is 11.3 Å². The summed E-state index contributed by atoms with van der Waals surface area (Å²) in [7, 11) is 1.66. The first-order valence-corrected chi connectivity index (χ1v) is 6.97. The Morgan fingerprint density at radius 2 is 1.94 bits per heavy atom. The van der Waals surface area contributed by atoms with Gasteiger partial charge in [-0.05, 0) is 42.6 Å². The Bertz CT molecular complexity index is 474. The third kappa shape index (κ3) is 3.03. The predicted molar refractivity (Wildman–Crippen MR) is 72.1 cm³/mol. The third-order valence-electron chi connectivity index (χ3n) is 2.38. The number of aliphatic hydroxyl groups is 1. The lowest BCUT2D eigenvalue weighted by atomic mass is 10.2. The minimum atomic E-state index is -0.415. The molecule has 1 N–H and O–H groups in total. The van der Waals surface area contributed by atoms with Gasteiger partial charge < -0.3 is 9.84 Å². The molecule has 1 aromatic carbocycles. The van der Waals surface area contributed by atoms with Gasteiger partial charge in [0.2, 0.25) is 0 Å². The topological polar surface area (TPSA) is 29.5 Å². The van der Waals surface area contributed by atoms with Crippen LogP contribution in [0, 0.1) is 0 Å². The summed E-state index contributed by atoms with van der Waals surface area (Å²) in [6.45, 7) is 1.79. The average molecular weight is 266 g/mol. The Morgan fingerprint density at radius 3 is 2.53 bits per heavy atom. The van der Waals surface area contributed by atoms with Gasteiger partial charge in [-0.2, -0.15) is 0 Å². The van der Waals surface area contributed by atoms with Crippen LogP contribution in [0.3, 0.4) is 0 Å². The van der Waals surface area contributed by atoms with Crippen LogP contribution >= 0.6 is 23.1 Å². The minimum Gasteiger partial charge on any atom is -0.497 e. The van der Waals surface area contributed by atoms with Crippen LogP contribution in [0.15, 0.2) is 44.8 Å². The summed E-state index contributed by atoms with van der Waals surface area (Å²) in [4.78, 5) is 1.15. The first-order valence-electron chi connectivity index (χ1n) is 5.28. The second-order valence-electron chi connectivity index (χ2n) is 3.62. The molecule has 1 atom stereocenters. The molecule has 0 spiro atoms. The van der Waals surface area contributed by atoms with Crippen LogP contribution in [0.1, 0.15) is 18.6 Å². The fourth-order valence-corrected chi connectivity index (χ4v) is 3.65. The van der Waals surface area contributed by atoms with Crippen molar-refractivity contribution in [1.29, 1.82) is 0 Å². The standard InChI is InChI=1S/C13H14O2S2/c1-9(14)12-7-8-16-13(12)17-11-5-3-10(15-2)4-6-11/h3-9,14H,1-2H3. The second kappa shape index (κ2) is 5.58. The van der Waals surface area contributed by atoms with Crippen LogP contribution in [-0.2, 0) is 0 Å². The second-order valence-corrected chi connectivity index (χ2v) is 5.88. The van der Waals surface area contributed by atoms with E-state index in [9.17, 15) is 5.11 Å². The fourth-order valence-electron chi connectivity index (χ4n) is 1.45. The molecular weight excluding hydrogens is 252 g/mol. The monoisotopic (exact) mass is 266 g/mol. The molecule has 0 amide bonds. The van der Waals surface area contributed by atoms with Gasteiger partial charge in [0.15, 0.2) is 0 Å². The van der Waals surface area contributed by atoms with Crippen molar-refractivity contribution in [3.8, 4) is 5.75 Å². The molecule has 0 radical (unpaired) electrons. The number of aliphatic hydroxyl groups excluding tert-OH is 1. The van der Waals surface area contributed by atoms with Gasteiger partial charge in [0.25, 0.3) is 0 Å². The summed E-state index contributed by atoms with van der Waals surface area (Å²) in [5.41, 5.74) is 0.996. The summed E-state index contributed by atoms with van der Waals surface area (Å²) in [6, 6.07) is 9.90. The zero-order valence-corrected chi connectivity index (χ0v) is 11.3. The summed E-state index contributed by atoms with van der Waals surface area (Å²) >= 11 is 3.33. The lowest BCUT2D eigenvalue weighted by Gasteiger charge is -2.06. The third-order valence-corrected chi connectivity index (χ3v) is 4.57. The Balaban J connectivity index is 2.16. The molecule has 0 aliphatic rings. The lowest BCUT2D eigenvalue weighted by molar-refractivity contribution is 0.197. The smallest absolute Gasteiger partial charge is 0.118 e. The van der Waals surface area contributed by atoms with E-state index in [1.54, 1.807) is 37.1 Å². The van der Waals surface area contributed by atoms with E-state index < -0.39 is 6.10 Å². The number of methoxy groups -OCH3 is 1. The number of hydrogen-bond acceptors (Lipinski definition) is 4. The first kappa shape index (κ1) is 12.5. The zero-order valence-electron chi connectivity index (χ0n) is 9.71. The predicted octanol–water partition coefficient (Wildman–Crippen LogP) is 3.96. The van der Waals surface area contributed by atoms with E-state index in [0.29, 0.717) is 0 Å². The van der Waals surface area contributed by atoms with E-state index >= 15 is 0 Å². The molecule has 2 rings (SSSR count). The van der Waals surface area contributed by atoms with Gasteiger partial charge in [0.05, 0.1) is 17.4 Å². The van der Waals surface area contributed by atoms with Gasteiger partial charge in [-0.25, -0.2) is 0 Å². The molecule has 0 saturated carbocycles. The molecule has 17 heavy (non-hydrogen) atoms. The minimum absolute atomic E-state index is 0.415. The Morgan fingerprint density at radius 1 is 1.24 bits per heavy atom. The van der Waals surface area contributed by atoms with Gasteiger partial charge in [0.1, 0.15) is 5.75 Å². The molecule has 0 aliphatic carbocycles. The molecule has 0 saturated heterocycles. The molecule has 2 aromatic rings. The highest BCUT2D eigenvalue weighted by molar-refractivity contribution is 8.01. The first-order chi connectivity index (χ1) is 8.20. The van der Waals surface area contributed by atoms with Crippen molar-refractivity contribution >= 4 is 23.1 Å². The van der Waals surface area contributed by atoms with Crippen molar-refractivity contribution in [2.45, 2.75) is 22.1 Å². The van der Waals surface area contributed by atoms with E-state index in [1.807, 2.05) is 35.7 Å². The quantitative estimate of drug-likeness (QED) is 0.908. The van der Waals surface area contributed by atoms with Gasteiger partial charge in [-0.3, -0.25) is 0 Å². The van der Waals surface area contributed by atoms with Gasteiger partial charge in [-0.1, -0.05) is 11.8 Å². The van der Waals surface area contributed by atoms with Crippen molar-refractivity contribution < 1.29 is 9.84 Å². The summed E-state index contributed by atoms with van der Waals surface area (Å²) < 4.78 is 6.26. The average Bonchev–Trinajstić information content (AvgIpc) is 2.78. The Hall–Kier alpha value is -0.970. The normalized spacial score (nSPS) is 12.4. The molecular formula is C13H14O2S2. The molecule has 0 fully saturated rings. The van der Waals surface area contributed by atoms with Crippen molar-refractivity contribution in [3.05, 3.63) is 41.3 Å². The number of ether oxygens (including phenoxy) is 1. The van der Waals surface area contributed by atoms with Crippen LogP contribution in [-0.4, -0.2) is 12.2 Å². The van der Waals surface area contributed by atoms with Crippen LogP contribution in [0.25, 0.3) is 0 Å². The van der Waals surface area contributed by atoms with E-state index in [1.165, 1.54) is 0 Å². The van der Waals surface area contributed by atoms with E-state index in [4.69, 9.17) is 4.74 Å².